The number of hydrogen-bond acceptors (Lipinski definition) is 3. The molecule has 1 heterocycles. The molecule has 4 nitrogen and oxygen atoms in total. The van der Waals surface area contributed by atoms with Gasteiger partial charge in [0.2, 0.25) is 11.8 Å². The Morgan fingerprint density at radius 1 is 1.00 bits per heavy atom. The van der Waals surface area contributed by atoms with E-state index >= 15 is 0 Å². The highest BCUT2D eigenvalue weighted by molar-refractivity contribution is 5.98. The maximum absolute atomic E-state index is 12.4. The van der Waals surface area contributed by atoms with E-state index in [4.69, 9.17) is 0 Å². The van der Waals surface area contributed by atoms with E-state index in [1.54, 1.807) is 0 Å². The van der Waals surface area contributed by atoms with E-state index in [-0.39, 0.29) is 17.2 Å². The zero-order valence-corrected chi connectivity index (χ0v) is 13.0. The number of piperidine rings is 1. The number of carbonyl (C=O) groups excluding carboxylic acids is 2. The molecular weight excluding hydrogens is 252 g/mol. The van der Waals surface area contributed by atoms with E-state index in [9.17, 15) is 9.59 Å². The molecule has 0 unspecified atom stereocenters. The maximum Gasteiger partial charge on any atom is 0.229 e. The monoisotopic (exact) mass is 280 g/mol. The number of amides is 2. The molecule has 2 amide bonds. The molecule has 1 aliphatic heterocycles. The number of rotatable bonds is 5. The lowest BCUT2D eigenvalue weighted by Gasteiger charge is -2.42. The first kappa shape index (κ1) is 15.5. The summed E-state index contributed by atoms with van der Waals surface area (Å²) in [5.74, 6) is 0.130. The Morgan fingerprint density at radius 3 is 2.05 bits per heavy atom. The second kappa shape index (κ2) is 6.70. The molecule has 2 fully saturated rings. The Kier molecular flexibility index (Phi) is 5.19. The van der Waals surface area contributed by atoms with Crippen molar-refractivity contribution < 1.29 is 9.59 Å². The van der Waals surface area contributed by atoms with Gasteiger partial charge in [-0.2, -0.15) is 0 Å². The van der Waals surface area contributed by atoms with E-state index in [2.05, 4.69) is 18.7 Å². The van der Waals surface area contributed by atoms with E-state index < -0.39 is 0 Å². The predicted molar refractivity (Wildman–Crippen MR) is 79.3 cm³/mol. The average molecular weight is 280 g/mol. The standard InChI is InChI=1S/C16H28N2O2/c1-3-17(4-2)10-11-18-14(19)12-16(13-15(18)20)8-6-5-7-9-16/h3-13H2,1-2H3. The van der Waals surface area contributed by atoms with Crippen LogP contribution in [0.15, 0.2) is 0 Å². The molecular formula is C16H28N2O2. The third kappa shape index (κ3) is 3.40. The lowest BCUT2D eigenvalue weighted by molar-refractivity contribution is -0.154. The van der Waals surface area contributed by atoms with Crippen LogP contribution in [-0.4, -0.2) is 47.8 Å². The van der Waals surface area contributed by atoms with Crippen molar-refractivity contribution in [3.8, 4) is 0 Å². The second-order valence-corrected chi connectivity index (χ2v) is 6.38. The average Bonchev–Trinajstić information content (AvgIpc) is 2.43. The van der Waals surface area contributed by atoms with Gasteiger partial charge in [-0.05, 0) is 31.3 Å². The van der Waals surface area contributed by atoms with Gasteiger partial charge in [0.05, 0.1) is 0 Å². The lowest BCUT2D eigenvalue weighted by Crippen LogP contribution is -2.50. The van der Waals surface area contributed by atoms with Gasteiger partial charge < -0.3 is 4.90 Å². The minimum Gasteiger partial charge on any atom is -0.302 e. The number of nitrogens with zero attached hydrogens (tertiary/aromatic N) is 2. The van der Waals surface area contributed by atoms with Gasteiger partial charge in [0, 0.05) is 25.9 Å². The molecule has 2 rings (SSSR count). The van der Waals surface area contributed by atoms with Gasteiger partial charge in [0.15, 0.2) is 0 Å². The summed E-state index contributed by atoms with van der Waals surface area (Å²) in [6, 6.07) is 0. The summed E-state index contributed by atoms with van der Waals surface area (Å²) >= 11 is 0. The van der Waals surface area contributed by atoms with Crippen LogP contribution in [0.5, 0.6) is 0 Å². The number of likely N-dealkylation sites (N-methyl/N-ethyl adjacent to an activating group) is 1. The molecule has 1 spiro atoms. The van der Waals surface area contributed by atoms with E-state index in [0.717, 1.165) is 32.5 Å². The van der Waals surface area contributed by atoms with Crippen LogP contribution in [0.2, 0.25) is 0 Å². The molecule has 0 atom stereocenters. The van der Waals surface area contributed by atoms with Crippen molar-refractivity contribution in [2.75, 3.05) is 26.2 Å². The normalized spacial score (nSPS) is 22.9. The van der Waals surface area contributed by atoms with Crippen LogP contribution in [0.25, 0.3) is 0 Å². The summed E-state index contributed by atoms with van der Waals surface area (Å²) in [6.45, 7) is 7.53. The smallest absolute Gasteiger partial charge is 0.229 e. The SMILES string of the molecule is CCN(CC)CCN1C(=O)CC2(CCCCC2)CC1=O. The van der Waals surface area contributed by atoms with Gasteiger partial charge in [-0.25, -0.2) is 0 Å². The minimum atomic E-state index is 0.0120. The Labute approximate surface area is 122 Å². The number of imide groups is 1. The van der Waals surface area contributed by atoms with E-state index in [1.807, 2.05) is 0 Å². The fourth-order valence-corrected chi connectivity index (χ4v) is 3.72. The van der Waals surface area contributed by atoms with Crippen molar-refractivity contribution in [1.29, 1.82) is 0 Å². The van der Waals surface area contributed by atoms with Gasteiger partial charge >= 0.3 is 0 Å². The highest BCUT2D eigenvalue weighted by atomic mass is 16.2. The van der Waals surface area contributed by atoms with Crippen LogP contribution in [0, 0.1) is 5.41 Å². The molecule has 0 aromatic carbocycles. The zero-order chi connectivity index (χ0) is 14.6. The first-order chi connectivity index (χ1) is 9.60. The van der Waals surface area contributed by atoms with Gasteiger partial charge in [-0.3, -0.25) is 14.5 Å². The van der Waals surface area contributed by atoms with Crippen LogP contribution in [-0.2, 0) is 9.59 Å². The summed E-state index contributed by atoms with van der Waals surface area (Å²) in [4.78, 5) is 28.5. The fourth-order valence-electron chi connectivity index (χ4n) is 3.72. The second-order valence-electron chi connectivity index (χ2n) is 6.38. The number of hydrogen-bond donors (Lipinski definition) is 0. The molecule has 1 saturated heterocycles. The van der Waals surface area contributed by atoms with E-state index in [0.29, 0.717) is 19.4 Å². The molecule has 1 aliphatic carbocycles. The molecule has 2 aliphatic rings. The molecule has 4 heteroatoms. The molecule has 0 radical (unpaired) electrons. The van der Waals surface area contributed by atoms with Crippen LogP contribution in [0.3, 0.4) is 0 Å². The van der Waals surface area contributed by atoms with Crippen molar-refractivity contribution in [3.05, 3.63) is 0 Å². The highest BCUT2D eigenvalue weighted by Crippen LogP contribution is 2.45. The molecule has 0 bridgehead atoms. The highest BCUT2D eigenvalue weighted by Gasteiger charge is 2.43. The summed E-state index contributed by atoms with van der Waals surface area (Å²) in [7, 11) is 0. The third-order valence-corrected chi connectivity index (χ3v) is 5.10. The van der Waals surface area contributed by atoms with Crippen molar-refractivity contribution in [2.24, 2.45) is 5.41 Å². The predicted octanol–water partition coefficient (Wildman–Crippen LogP) is 2.43. The first-order valence-electron chi connectivity index (χ1n) is 8.16. The van der Waals surface area contributed by atoms with Crippen LogP contribution in [0.4, 0.5) is 0 Å². The Hall–Kier alpha value is -0.900. The quantitative estimate of drug-likeness (QED) is 0.726. The lowest BCUT2D eigenvalue weighted by atomic mass is 9.67. The maximum atomic E-state index is 12.4. The summed E-state index contributed by atoms with van der Waals surface area (Å²) in [5.41, 5.74) is 0.0120. The Balaban J connectivity index is 1.93. The minimum absolute atomic E-state index is 0.0120. The fraction of sp³-hybridized carbons (Fsp3) is 0.875. The van der Waals surface area contributed by atoms with Crippen molar-refractivity contribution in [1.82, 2.24) is 9.80 Å². The van der Waals surface area contributed by atoms with Crippen LogP contribution < -0.4 is 0 Å². The summed E-state index contributed by atoms with van der Waals surface area (Å²) in [6.07, 6.45) is 6.94. The number of likely N-dealkylation sites (tertiary alicyclic amines) is 1. The number of carbonyl (C=O) groups is 2. The summed E-state index contributed by atoms with van der Waals surface area (Å²) in [5, 5.41) is 0. The van der Waals surface area contributed by atoms with Crippen LogP contribution >= 0.6 is 0 Å². The van der Waals surface area contributed by atoms with Crippen LogP contribution in [0.1, 0.15) is 58.8 Å². The Bertz CT molecular complexity index is 337. The Morgan fingerprint density at radius 2 is 1.55 bits per heavy atom. The van der Waals surface area contributed by atoms with Gasteiger partial charge in [-0.1, -0.05) is 33.1 Å². The third-order valence-electron chi connectivity index (χ3n) is 5.10. The van der Waals surface area contributed by atoms with E-state index in [1.165, 1.54) is 24.2 Å². The molecule has 0 aromatic heterocycles. The van der Waals surface area contributed by atoms with Crippen molar-refractivity contribution in [3.63, 3.8) is 0 Å². The summed E-state index contributed by atoms with van der Waals surface area (Å²) < 4.78 is 0. The van der Waals surface area contributed by atoms with Crippen molar-refractivity contribution in [2.45, 2.75) is 58.8 Å². The van der Waals surface area contributed by atoms with Gasteiger partial charge in [0.1, 0.15) is 0 Å². The molecule has 114 valence electrons. The molecule has 1 saturated carbocycles. The molecule has 0 aromatic rings. The first-order valence-corrected chi connectivity index (χ1v) is 8.16. The molecule has 0 N–H and O–H groups in total. The molecule has 20 heavy (non-hydrogen) atoms. The zero-order valence-electron chi connectivity index (χ0n) is 13.0. The topological polar surface area (TPSA) is 40.6 Å². The largest absolute Gasteiger partial charge is 0.302 e. The van der Waals surface area contributed by atoms with Gasteiger partial charge in [0.25, 0.3) is 0 Å². The van der Waals surface area contributed by atoms with Gasteiger partial charge in [-0.15, -0.1) is 0 Å². The van der Waals surface area contributed by atoms with Crippen molar-refractivity contribution >= 4 is 11.8 Å².